The van der Waals surface area contributed by atoms with Crippen LogP contribution in [0.3, 0.4) is 0 Å². The van der Waals surface area contributed by atoms with E-state index in [2.05, 4.69) is 11.8 Å². The molecule has 0 fully saturated rings. The van der Waals surface area contributed by atoms with E-state index < -0.39 is 5.41 Å². The molecule has 0 aliphatic heterocycles. The zero-order valence-corrected chi connectivity index (χ0v) is 8.45. The van der Waals surface area contributed by atoms with Gasteiger partial charge in [-0.05, 0) is 0 Å². The molecule has 14 heavy (non-hydrogen) atoms. The molecule has 1 N–H and O–H groups in total. The first-order chi connectivity index (χ1) is 6.68. The lowest BCUT2D eigenvalue weighted by Crippen LogP contribution is -2.33. The van der Waals surface area contributed by atoms with Crippen molar-refractivity contribution in [2.24, 2.45) is 5.41 Å². The van der Waals surface area contributed by atoms with Crippen molar-refractivity contribution in [2.75, 3.05) is 33.0 Å². The molecule has 0 heterocycles. The summed E-state index contributed by atoms with van der Waals surface area (Å²) in [5, 5.41) is 9.12. The highest BCUT2D eigenvalue weighted by atomic mass is 16.5. The Bertz CT molecular complexity index is 202. The quantitative estimate of drug-likeness (QED) is 0.469. The van der Waals surface area contributed by atoms with Gasteiger partial charge in [0.1, 0.15) is 13.2 Å². The average molecular weight is 196 g/mol. The number of terminal acetylenes is 2. The van der Waals surface area contributed by atoms with E-state index in [1.807, 2.05) is 6.92 Å². The molecule has 0 unspecified atom stereocenters. The maximum atomic E-state index is 9.12. The van der Waals surface area contributed by atoms with Crippen molar-refractivity contribution in [3.8, 4) is 24.7 Å². The molecular formula is C11H16O3. The summed E-state index contributed by atoms with van der Waals surface area (Å²) in [6.07, 6.45) is 10.1. The predicted molar refractivity (Wildman–Crippen MR) is 54.5 cm³/mol. The van der Waals surface area contributed by atoms with E-state index >= 15 is 0 Å². The number of rotatable bonds is 7. The number of ether oxygens (including phenoxy) is 2. The zero-order valence-electron chi connectivity index (χ0n) is 8.45. The minimum absolute atomic E-state index is 0.0257. The lowest BCUT2D eigenvalue weighted by molar-refractivity contribution is -0.0271. The molecule has 0 rings (SSSR count). The molecular weight excluding hydrogens is 180 g/mol. The van der Waals surface area contributed by atoms with Crippen molar-refractivity contribution in [1.82, 2.24) is 0 Å². The van der Waals surface area contributed by atoms with Crippen LogP contribution in [0.4, 0.5) is 0 Å². The molecule has 0 aliphatic rings. The second kappa shape index (κ2) is 7.41. The number of aliphatic hydroxyl groups excluding tert-OH is 1. The van der Waals surface area contributed by atoms with Crippen molar-refractivity contribution in [1.29, 1.82) is 0 Å². The molecule has 78 valence electrons. The molecule has 0 aromatic rings. The SMILES string of the molecule is C#CCOCC(C)(CO)COCC#C. The van der Waals surface area contributed by atoms with Gasteiger partial charge < -0.3 is 14.6 Å². The van der Waals surface area contributed by atoms with Gasteiger partial charge in [0.25, 0.3) is 0 Å². The van der Waals surface area contributed by atoms with Crippen LogP contribution in [0.25, 0.3) is 0 Å². The summed E-state index contributed by atoms with van der Waals surface area (Å²) in [6, 6.07) is 0. The van der Waals surface area contributed by atoms with Gasteiger partial charge in [-0.3, -0.25) is 0 Å². The Morgan fingerprint density at radius 2 is 1.57 bits per heavy atom. The van der Waals surface area contributed by atoms with Crippen molar-refractivity contribution in [3.05, 3.63) is 0 Å². The van der Waals surface area contributed by atoms with Crippen LogP contribution in [0, 0.1) is 30.1 Å². The van der Waals surface area contributed by atoms with Crippen LogP contribution in [0.15, 0.2) is 0 Å². The predicted octanol–water partition coefficient (Wildman–Crippen LogP) is 0.285. The standard InChI is InChI=1S/C11H16O3/c1-4-6-13-9-11(3,8-12)10-14-7-5-2/h1-2,12H,6-10H2,3H3. The fourth-order valence-electron chi connectivity index (χ4n) is 0.846. The highest BCUT2D eigenvalue weighted by Crippen LogP contribution is 2.16. The molecule has 3 heteroatoms. The summed E-state index contributed by atoms with van der Waals surface area (Å²) < 4.78 is 10.3. The van der Waals surface area contributed by atoms with E-state index in [4.69, 9.17) is 27.4 Å². The fourth-order valence-corrected chi connectivity index (χ4v) is 0.846. The Kier molecular flexibility index (Phi) is 6.88. The van der Waals surface area contributed by atoms with Crippen molar-refractivity contribution < 1.29 is 14.6 Å². The zero-order chi connectivity index (χ0) is 10.9. The largest absolute Gasteiger partial charge is 0.396 e. The van der Waals surface area contributed by atoms with Crippen LogP contribution >= 0.6 is 0 Å². The number of aliphatic hydroxyl groups is 1. The highest BCUT2D eigenvalue weighted by molar-refractivity contribution is 4.85. The molecule has 3 nitrogen and oxygen atoms in total. The first-order valence-corrected chi connectivity index (χ1v) is 4.32. The molecule has 0 spiro atoms. The van der Waals surface area contributed by atoms with Gasteiger partial charge in [-0.15, -0.1) is 12.8 Å². The van der Waals surface area contributed by atoms with Gasteiger partial charge in [0.05, 0.1) is 19.8 Å². The van der Waals surface area contributed by atoms with Crippen LogP contribution in [0.1, 0.15) is 6.92 Å². The molecule has 0 radical (unpaired) electrons. The molecule has 0 aromatic carbocycles. The number of hydrogen-bond donors (Lipinski definition) is 1. The first kappa shape index (κ1) is 13.0. The van der Waals surface area contributed by atoms with Crippen molar-refractivity contribution >= 4 is 0 Å². The summed E-state index contributed by atoms with van der Waals surface area (Å²) in [6.45, 7) is 3.02. The summed E-state index contributed by atoms with van der Waals surface area (Å²) in [4.78, 5) is 0. The number of hydrogen-bond acceptors (Lipinski definition) is 3. The van der Waals surface area contributed by atoms with E-state index in [1.165, 1.54) is 0 Å². The summed E-state index contributed by atoms with van der Waals surface area (Å²) in [7, 11) is 0. The van der Waals surface area contributed by atoms with E-state index in [0.29, 0.717) is 13.2 Å². The fraction of sp³-hybridized carbons (Fsp3) is 0.636. The Morgan fingerprint density at radius 3 is 1.86 bits per heavy atom. The Hall–Kier alpha value is -1.00. The maximum absolute atomic E-state index is 9.12. The van der Waals surface area contributed by atoms with Gasteiger partial charge in [0.15, 0.2) is 0 Å². The third-order valence-corrected chi connectivity index (χ3v) is 1.65. The molecule has 0 saturated heterocycles. The third-order valence-electron chi connectivity index (χ3n) is 1.65. The van der Waals surface area contributed by atoms with Crippen LogP contribution < -0.4 is 0 Å². The van der Waals surface area contributed by atoms with Crippen LogP contribution in [-0.4, -0.2) is 38.1 Å². The lowest BCUT2D eigenvalue weighted by atomic mass is 9.94. The molecule has 0 atom stereocenters. The Morgan fingerprint density at radius 1 is 1.14 bits per heavy atom. The van der Waals surface area contributed by atoms with Gasteiger partial charge >= 0.3 is 0 Å². The van der Waals surface area contributed by atoms with Crippen molar-refractivity contribution in [2.45, 2.75) is 6.92 Å². The van der Waals surface area contributed by atoms with Gasteiger partial charge in [-0.1, -0.05) is 18.8 Å². The van der Waals surface area contributed by atoms with E-state index in [0.717, 1.165) is 0 Å². The molecule has 0 bridgehead atoms. The van der Waals surface area contributed by atoms with E-state index in [-0.39, 0.29) is 19.8 Å². The molecule has 0 aromatic heterocycles. The maximum Gasteiger partial charge on any atom is 0.107 e. The minimum Gasteiger partial charge on any atom is -0.396 e. The second-order valence-corrected chi connectivity index (χ2v) is 3.36. The van der Waals surface area contributed by atoms with Gasteiger partial charge in [0, 0.05) is 5.41 Å². The van der Waals surface area contributed by atoms with Crippen molar-refractivity contribution in [3.63, 3.8) is 0 Å². The molecule has 0 aliphatic carbocycles. The van der Waals surface area contributed by atoms with Crippen LogP contribution in [0.2, 0.25) is 0 Å². The monoisotopic (exact) mass is 196 g/mol. The van der Waals surface area contributed by atoms with E-state index in [9.17, 15) is 0 Å². The highest BCUT2D eigenvalue weighted by Gasteiger charge is 2.23. The normalized spacial score (nSPS) is 10.6. The smallest absolute Gasteiger partial charge is 0.107 e. The second-order valence-electron chi connectivity index (χ2n) is 3.36. The Labute approximate surface area is 85.4 Å². The summed E-state index contributed by atoms with van der Waals surface area (Å²) in [5.41, 5.74) is -0.437. The van der Waals surface area contributed by atoms with Crippen LogP contribution in [-0.2, 0) is 9.47 Å². The van der Waals surface area contributed by atoms with Gasteiger partial charge in [-0.25, -0.2) is 0 Å². The van der Waals surface area contributed by atoms with Gasteiger partial charge in [-0.2, -0.15) is 0 Å². The Balaban J connectivity index is 3.81. The molecule has 0 amide bonds. The lowest BCUT2D eigenvalue weighted by Gasteiger charge is -2.25. The topological polar surface area (TPSA) is 38.7 Å². The van der Waals surface area contributed by atoms with E-state index in [1.54, 1.807) is 0 Å². The molecule has 0 saturated carbocycles. The first-order valence-electron chi connectivity index (χ1n) is 4.32. The van der Waals surface area contributed by atoms with Crippen LogP contribution in [0.5, 0.6) is 0 Å². The van der Waals surface area contributed by atoms with Gasteiger partial charge in [0.2, 0.25) is 0 Å². The summed E-state index contributed by atoms with van der Waals surface area (Å²) >= 11 is 0. The third kappa shape index (κ3) is 5.61. The minimum atomic E-state index is -0.437. The average Bonchev–Trinajstić information content (AvgIpc) is 2.19. The summed E-state index contributed by atoms with van der Waals surface area (Å²) in [5.74, 6) is 4.71.